The third-order valence-corrected chi connectivity index (χ3v) is 4.93. The molecule has 1 saturated carbocycles. The molecule has 22 heavy (non-hydrogen) atoms. The third-order valence-electron chi connectivity index (χ3n) is 4.16. The van der Waals surface area contributed by atoms with Crippen LogP contribution in [0.5, 0.6) is 0 Å². The average Bonchev–Trinajstić information content (AvgIpc) is 3.19. The van der Waals surface area contributed by atoms with Gasteiger partial charge in [-0.15, -0.1) is 11.3 Å². The monoisotopic (exact) mass is 319 g/mol. The van der Waals surface area contributed by atoms with E-state index < -0.39 is 0 Å². The average molecular weight is 319 g/mol. The summed E-state index contributed by atoms with van der Waals surface area (Å²) in [7, 11) is 0. The number of aromatic nitrogens is 1. The Morgan fingerprint density at radius 3 is 3.05 bits per heavy atom. The highest BCUT2D eigenvalue weighted by Crippen LogP contribution is 2.27. The van der Waals surface area contributed by atoms with Crippen molar-refractivity contribution in [2.75, 3.05) is 0 Å². The summed E-state index contributed by atoms with van der Waals surface area (Å²) in [5.74, 6) is 1.85. The predicted octanol–water partition coefficient (Wildman–Crippen LogP) is 2.85. The minimum atomic E-state index is 0.0461. The molecule has 6 heteroatoms. The Labute approximate surface area is 133 Å². The zero-order valence-corrected chi connectivity index (χ0v) is 13.5. The quantitative estimate of drug-likeness (QED) is 0.888. The molecular formula is C16H21N3O2S. The number of rotatable bonds is 5. The highest BCUT2D eigenvalue weighted by Gasteiger charge is 2.25. The summed E-state index contributed by atoms with van der Waals surface area (Å²) in [6.45, 7) is 2.37. The highest BCUT2D eigenvalue weighted by molar-refractivity contribution is 7.09. The molecule has 2 atom stereocenters. The van der Waals surface area contributed by atoms with Crippen LogP contribution < -0.4 is 11.1 Å². The van der Waals surface area contributed by atoms with Crippen molar-refractivity contribution in [1.82, 2.24) is 10.3 Å². The van der Waals surface area contributed by atoms with E-state index in [1.807, 2.05) is 24.4 Å². The first kappa shape index (κ1) is 15.2. The van der Waals surface area contributed by atoms with E-state index in [0.29, 0.717) is 18.9 Å². The molecule has 5 nitrogen and oxygen atoms in total. The first-order valence-electron chi connectivity index (χ1n) is 7.65. The van der Waals surface area contributed by atoms with Crippen LogP contribution in [-0.2, 0) is 11.3 Å². The zero-order chi connectivity index (χ0) is 15.5. The Morgan fingerprint density at radius 2 is 2.36 bits per heavy atom. The van der Waals surface area contributed by atoms with Gasteiger partial charge < -0.3 is 15.5 Å². The molecular weight excluding hydrogens is 298 g/mol. The molecule has 1 amide bonds. The molecule has 1 aliphatic carbocycles. The van der Waals surface area contributed by atoms with E-state index in [1.54, 1.807) is 11.3 Å². The van der Waals surface area contributed by atoms with Crippen LogP contribution in [0.4, 0.5) is 0 Å². The highest BCUT2D eigenvalue weighted by atomic mass is 32.1. The molecule has 0 aliphatic heterocycles. The summed E-state index contributed by atoms with van der Waals surface area (Å²) in [6, 6.07) is 3.95. The number of nitrogens with two attached hydrogens (primary N) is 1. The van der Waals surface area contributed by atoms with Gasteiger partial charge in [0.05, 0.1) is 11.6 Å². The van der Waals surface area contributed by atoms with Gasteiger partial charge in [-0.05, 0) is 37.8 Å². The molecule has 0 bridgehead atoms. The van der Waals surface area contributed by atoms with E-state index in [2.05, 4.69) is 10.3 Å². The van der Waals surface area contributed by atoms with E-state index in [4.69, 9.17) is 10.2 Å². The first-order chi connectivity index (χ1) is 10.6. The zero-order valence-electron chi connectivity index (χ0n) is 12.7. The van der Waals surface area contributed by atoms with Gasteiger partial charge in [0.25, 0.3) is 0 Å². The lowest BCUT2D eigenvalue weighted by atomic mass is 10.00. The van der Waals surface area contributed by atoms with Crippen LogP contribution in [0.2, 0.25) is 0 Å². The normalized spacial score (nSPS) is 21.2. The lowest BCUT2D eigenvalue weighted by Crippen LogP contribution is -2.31. The van der Waals surface area contributed by atoms with E-state index in [1.165, 1.54) is 0 Å². The van der Waals surface area contributed by atoms with Crippen molar-refractivity contribution in [2.45, 2.75) is 45.2 Å². The van der Waals surface area contributed by atoms with Crippen molar-refractivity contribution in [3.05, 3.63) is 28.3 Å². The van der Waals surface area contributed by atoms with Gasteiger partial charge in [-0.3, -0.25) is 4.79 Å². The van der Waals surface area contributed by atoms with Crippen LogP contribution in [0.15, 0.2) is 21.9 Å². The molecule has 0 spiro atoms. The summed E-state index contributed by atoms with van der Waals surface area (Å²) in [5.41, 5.74) is 6.84. The van der Waals surface area contributed by atoms with Crippen molar-refractivity contribution in [3.8, 4) is 11.5 Å². The summed E-state index contributed by atoms with van der Waals surface area (Å²) in [4.78, 5) is 16.4. The molecule has 0 radical (unpaired) electrons. The van der Waals surface area contributed by atoms with Crippen LogP contribution in [0.1, 0.15) is 36.5 Å². The van der Waals surface area contributed by atoms with Crippen LogP contribution in [0.25, 0.3) is 11.5 Å². The fourth-order valence-corrected chi connectivity index (χ4v) is 3.50. The summed E-state index contributed by atoms with van der Waals surface area (Å²) in [6.07, 6.45) is 3.74. The maximum Gasteiger partial charge on any atom is 0.220 e. The number of furan rings is 1. The standard InChI is InChI=1S/C16H21N3O2S/c1-10-19-14(9-22-10)15-6-5-12(21-15)8-18-16(20)7-11-3-2-4-13(11)17/h5-6,9,11,13H,2-4,7-8,17H2,1H3,(H,18,20)/t11-,13+/m0/s1. The molecule has 0 unspecified atom stereocenters. The van der Waals surface area contributed by atoms with Gasteiger partial charge in [-0.1, -0.05) is 6.42 Å². The minimum absolute atomic E-state index is 0.0461. The Balaban J connectivity index is 1.51. The number of nitrogens with zero attached hydrogens (tertiary/aromatic N) is 1. The van der Waals surface area contributed by atoms with Gasteiger partial charge >= 0.3 is 0 Å². The Bertz CT molecular complexity index is 649. The molecule has 0 saturated heterocycles. The summed E-state index contributed by atoms with van der Waals surface area (Å²) in [5, 5.41) is 5.89. The molecule has 2 aromatic heterocycles. The number of hydrogen-bond acceptors (Lipinski definition) is 5. The van der Waals surface area contributed by atoms with Crippen molar-refractivity contribution in [1.29, 1.82) is 0 Å². The third kappa shape index (κ3) is 3.56. The smallest absolute Gasteiger partial charge is 0.220 e. The summed E-state index contributed by atoms with van der Waals surface area (Å²) >= 11 is 1.59. The van der Waals surface area contributed by atoms with Crippen molar-refractivity contribution in [3.63, 3.8) is 0 Å². The fourth-order valence-electron chi connectivity index (χ4n) is 2.90. The fraction of sp³-hybridized carbons (Fsp3) is 0.500. The SMILES string of the molecule is Cc1nc(-c2ccc(CNC(=O)C[C@@H]3CCC[C@H]3N)o2)cs1. The minimum Gasteiger partial charge on any atom is -0.458 e. The second-order valence-corrected chi connectivity index (χ2v) is 6.92. The molecule has 1 fully saturated rings. The number of carbonyl (C=O) groups excluding carboxylic acids is 1. The Hall–Kier alpha value is -1.66. The number of hydrogen-bond donors (Lipinski definition) is 2. The molecule has 3 N–H and O–H groups in total. The number of carbonyl (C=O) groups is 1. The van der Waals surface area contributed by atoms with Crippen LogP contribution in [-0.4, -0.2) is 16.9 Å². The van der Waals surface area contributed by atoms with Crippen molar-refractivity contribution >= 4 is 17.2 Å². The molecule has 3 rings (SSSR count). The summed E-state index contributed by atoms with van der Waals surface area (Å²) < 4.78 is 5.73. The Kier molecular flexibility index (Phi) is 4.59. The van der Waals surface area contributed by atoms with Crippen LogP contribution in [0, 0.1) is 12.8 Å². The molecule has 2 aromatic rings. The van der Waals surface area contributed by atoms with Gasteiger partial charge in [0.15, 0.2) is 5.76 Å². The van der Waals surface area contributed by atoms with E-state index >= 15 is 0 Å². The van der Waals surface area contributed by atoms with Gasteiger partial charge in [-0.2, -0.15) is 0 Å². The lowest BCUT2D eigenvalue weighted by molar-refractivity contribution is -0.122. The van der Waals surface area contributed by atoms with Crippen molar-refractivity contribution in [2.24, 2.45) is 11.7 Å². The van der Waals surface area contributed by atoms with Crippen LogP contribution >= 0.6 is 11.3 Å². The lowest BCUT2D eigenvalue weighted by Gasteiger charge is -2.14. The first-order valence-corrected chi connectivity index (χ1v) is 8.53. The van der Waals surface area contributed by atoms with E-state index in [9.17, 15) is 4.79 Å². The Morgan fingerprint density at radius 1 is 1.50 bits per heavy atom. The van der Waals surface area contributed by atoms with Crippen LogP contribution in [0.3, 0.4) is 0 Å². The maximum atomic E-state index is 12.0. The van der Waals surface area contributed by atoms with Gasteiger partial charge in [0, 0.05) is 17.8 Å². The van der Waals surface area contributed by atoms with E-state index in [-0.39, 0.29) is 11.9 Å². The number of thiazole rings is 1. The number of nitrogens with one attached hydrogen (secondary N) is 1. The predicted molar refractivity (Wildman–Crippen MR) is 86.3 cm³/mol. The van der Waals surface area contributed by atoms with Gasteiger partial charge in [0.2, 0.25) is 5.91 Å². The maximum absolute atomic E-state index is 12.0. The molecule has 118 valence electrons. The molecule has 2 heterocycles. The van der Waals surface area contributed by atoms with Gasteiger partial charge in [-0.25, -0.2) is 4.98 Å². The van der Waals surface area contributed by atoms with Crippen molar-refractivity contribution < 1.29 is 9.21 Å². The second kappa shape index (κ2) is 6.62. The van der Waals surface area contributed by atoms with E-state index in [0.717, 1.165) is 41.5 Å². The number of amides is 1. The number of aryl methyl sites for hydroxylation is 1. The second-order valence-electron chi connectivity index (χ2n) is 5.85. The van der Waals surface area contributed by atoms with Gasteiger partial charge in [0.1, 0.15) is 11.5 Å². The topological polar surface area (TPSA) is 81.2 Å². The molecule has 0 aromatic carbocycles. The largest absolute Gasteiger partial charge is 0.458 e. The molecule has 1 aliphatic rings.